The molecule has 0 aliphatic carbocycles. The number of ether oxygens (including phenoxy) is 1. The number of amides is 1. The fourth-order valence-corrected chi connectivity index (χ4v) is 1.37. The minimum atomic E-state index is -0.479. The van der Waals surface area contributed by atoms with Crippen LogP contribution < -0.4 is 10.5 Å². The van der Waals surface area contributed by atoms with E-state index < -0.39 is 5.91 Å². The Labute approximate surface area is 81.4 Å². The van der Waals surface area contributed by atoms with Gasteiger partial charge < -0.3 is 10.5 Å². The largest absolute Gasteiger partial charge is 0.495 e. The first-order valence-electron chi connectivity index (χ1n) is 3.70. The zero-order valence-corrected chi connectivity index (χ0v) is 8.18. The smallest absolute Gasteiger partial charge is 0.249 e. The summed E-state index contributed by atoms with van der Waals surface area (Å²) in [4.78, 5) is 10.9. The normalized spacial score (nSPS) is 9.77. The van der Waals surface area contributed by atoms with Crippen molar-refractivity contribution in [2.24, 2.45) is 5.73 Å². The Morgan fingerprint density at radius 1 is 1.54 bits per heavy atom. The average Bonchev–Trinajstić information content (AvgIpc) is 2.03. The van der Waals surface area contributed by atoms with E-state index in [1.807, 2.05) is 0 Å². The maximum atomic E-state index is 10.9. The van der Waals surface area contributed by atoms with Crippen LogP contribution in [-0.4, -0.2) is 13.0 Å². The topological polar surface area (TPSA) is 52.3 Å². The molecule has 0 saturated carbocycles. The highest BCUT2D eigenvalue weighted by Crippen LogP contribution is 2.27. The molecule has 0 heterocycles. The van der Waals surface area contributed by atoms with E-state index in [0.29, 0.717) is 16.3 Å². The second-order valence-electron chi connectivity index (χ2n) is 2.67. The summed E-state index contributed by atoms with van der Waals surface area (Å²) in [5.74, 6) is -0.0199. The molecule has 1 aromatic rings. The van der Waals surface area contributed by atoms with E-state index in [9.17, 15) is 4.79 Å². The Bertz CT molecular complexity index is 350. The monoisotopic (exact) mass is 199 g/mol. The Balaban J connectivity index is 3.30. The summed E-state index contributed by atoms with van der Waals surface area (Å²) in [7, 11) is 1.49. The number of aryl methyl sites for hydroxylation is 1. The van der Waals surface area contributed by atoms with Crippen molar-refractivity contribution < 1.29 is 9.53 Å². The van der Waals surface area contributed by atoms with Crippen molar-refractivity contribution >= 4 is 17.5 Å². The predicted octanol–water partition coefficient (Wildman–Crippen LogP) is 1.76. The lowest BCUT2D eigenvalue weighted by atomic mass is 10.1. The first-order valence-corrected chi connectivity index (χ1v) is 4.08. The van der Waals surface area contributed by atoms with Crippen molar-refractivity contribution in [2.75, 3.05) is 7.11 Å². The maximum absolute atomic E-state index is 10.9. The van der Waals surface area contributed by atoms with Gasteiger partial charge in [0.05, 0.1) is 12.1 Å². The molecular formula is C9H10ClNO2. The van der Waals surface area contributed by atoms with Gasteiger partial charge in [-0.15, -0.1) is 0 Å². The Kier molecular flexibility index (Phi) is 2.78. The van der Waals surface area contributed by atoms with E-state index in [1.165, 1.54) is 7.11 Å². The van der Waals surface area contributed by atoms with Crippen LogP contribution in [0.3, 0.4) is 0 Å². The van der Waals surface area contributed by atoms with Crippen LogP contribution in [0, 0.1) is 6.92 Å². The summed E-state index contributed by atoms with van der Waals surface area (Å²) in [6, 6.07) is 3.19. The van der Waals surface area contributed by atoms with E-state index in [1.54, 1.807) is 19.1 Å². The van der Waals surface area contributed by atoms with Gasteiger partial charge in [0.2, 0.25) is 5.91 Å². The van der Waals surface area contributed by atoms with Crippen LogP contribution in [0.25, 0.3) is 0 Å². The molecule has 13 heavy (non-hydrogen) atoms. The molecule has 1 rings (SSSR count). The summed E-state index contributed by atoms with van der Waals surface area (Å²) in [5.41, 5.74) is 6.33. The van der Waals surface area contributed by atoms with Crippen molar-refractivity contribution in [3.63, 3.8) is 0 Å². The summed E-state index contributed by atoms with van der Waals surface area (Å²) in [6.07, 6.45) is 0. The molecule has 0 bridgehead atoms. The fraction of sp³-hybridized carbons (Fsp3) is 0.222. The number of nitrogens with two attached hydrogens (primary N) is 1. The van der Waals surface area contributed by atoms with Gasteiger partial charge in [-0.05, 0) is 24.6 Å². The minimum Gasteiger partial charge on any atom is -0.495 e. The molecule has 0 spiro atoms. The Hall–Kier alpha value is -1.22. The van der Waals surface area contributed by atoms with Crippen LogP contribution in [0.1, 0.15) is 15.9 Å². The molecule has 0 saturated heterocycles. The van der Waals surface area contributed by atoms with E-state index >= 15 is 0 Å². The van der Waals surface area contributed by atoms with Crippen LogP contribution in [0.2, 0.25) is 5.02 Å². The standard InChI is InChI=1S/C9H10ClNO2/c1-5-3-7(10)8(13-2)4-6(5)9(11)12/h3-4H,1-2H3,(H2,11,12). The van der Waals surface area contributed by atoms with E-state index in [2.05, 4.69) is 0 Å². The molecule has 0 unspecified atom stereocenters. The SMILES string of the molecule is COc1cc(C(N)=O)c(C)cc1Cl. The van der Waals surface area contributed by atoms with Crippen LogP contribution in [-0.2, 0) is 0 Å². The molecule has 4 heteroatoms. The third kappa shape index (κ3) is 1.92. The van der Waals surface area contributed by atoms with E-state index in [0.717, 1.165) is 5.56 Å². The van der Waals surface area contributed by atoms with Gasteiger partial charge in [0.15, 0.2) is 0 Å². The lowest BCUT2D eigenvalue weighted by Crippen LogP contribution is -2.12. The highest BCUT2D eigenvalue weighted by molar-refractivity contribution is 6.32. The maximum Gasteiger partial charge on any atom is 0.249 e. The zero-order chi connectivity index (χ0) is 10.0. The quantitative estimate of drug-likeness (QED) is 0.789. The van der Waals surface area contributed by atoms with Gasteiger partial charge in [-0.25, -0.2) is 0 Å². The average molecular weight is 200 g/mol. The number of carbonyl (C=O) groups is 1. The van der Waals surface area contributed by atoms with Gasteiger partial charge in [0, 0.05) is 5.56 Å². The third-order valence-corrected chi connectivity index (χ3v) is 2.06. The highest BCUT2D eigenvalue weighted by Gasteiger charge is 2.09. The van der Waals surface area contributed by atoms with Gasteiger partial charge >= 0.3 is 0 Å². The minimum absolute atomic E-state index is 0.432. The van der Waals surface area contributed by atoms with Crippen molar-refractivity contribution in [1.82, 2.24) is 0 Å². The van der Waals surface area contributed by atoms with E-state index in [-0.39, 0.29) is 0 Å². The Morgan fingerprint density at radius 2 is 2.15 bits per heavy atom. The van der Waals surface area contributed by atoms with Crippen molar-refractivity contribution in [2.45, 2.75) is 6.92 Å². The van der Waals surface area contributed by atoms with E-state index in [4.69, 9.17) is 22.1 Å². The molecule has 0 fully saturated rings. The van der Waals surface area contributed by atoms with Gasteiger partial charge in [-0.1, -0.05) is 11.6 Å². The van der Waals surface area contributed by atoms with Crippen LogP contribution in [0.5, 0.6) is 5.75 Å². The molecule has 0 aromatic heterocycles. The number of halogens is 1. The second kappa shape index (κ2) is 3.66. The second-order valence-corrected chi connectivity index (χ2v) is 3.07. The predicted molar refractivity (Wildman–Crippen MR) is 51.3 cm³/mol. The number of hydrogen-bond acceptors (Lipinski definition) is 2. The third-order valence-electron chi connectivity index (χ3n) is 1.76. The van der Waals surface area contributed by atoms with Crippen LogP contribution in [0.15, 0.2) is 12.1 Å². The van der Waals surface area contributed by atoms with Crippen LogP contribution >= 0.6 is 11.6 Å². The summed E-state index contributed by atoms with van der Waals surface area (Å²) in [6.45, 7) is 1.77. The lowest BCUT2D eigenvalue weighted by Gasteiger charge is -2.07. The Morgan fingerprint density at radius 3 is 2.62 bits per heavy atom. The first-order chi connectivity index (χ1) is 6.06. The molecule has 0 aliphatic heterocycles. The van der Waals surface area contributed by atoms with Crippen molar-refractivity contribution in [1.29, 1.82) is 0 Å². The summed E-state index contributed by atoms with van der Waals surface area (Å²) < 4.78 is 4.95. The van der Waals surface area contributed by atoms with Gasteiger partial charge in [-0.3, -0.25) is 4.79 Å². The van der Waals surface area contributed by atoms with Gasteiger partial charge in [0.1, 0.15) is 5.75 Å². The highest BCUT2D eigenvalue weighted by atomic mass is 35.5. The number of carbonyl (C=O) groups excluding carboxylic acids is 1. The van der Waals surface area contributed by atoms with Gasteiger partial charge in [0.25, 0.3) is 0 Å². The van der Waals surface area contributed by atoms with Crippen LogP contribution in [0.4, 0.5) is 0 Å². The molecule has 0 radical (unpaired) electrons. The molecule has 0 atom stereocenters. The van der Waals surface area contributed by atoms with Gasteiger partial charge in [-0.2, -0.15) is 0 Å². The molecule has 1 amide bonds. The summed E-state index contributed by atoms with van der Waals surface area (Å²) in [5, 5.41) is 0.477. The molecular weight excluding hydrogens is 190 g/mol. The van der Waals surface area contributed by atoms with Crippen molar-refractivity contribution in [3.8, 4) is 5.75 Å². The number of benzene rings is 1. The molecule has 1 aromatic carbocycles. The number of hydrogen-bond donors (Lipinski definition) is 1. The first kappa shape index (κ1) is 9.86. The zero-order valence-electron chi connectivity index (χ0n) is 7.43. The molecule has 2 N–H and O–H groups in total. The lowest BCUT2D eigenvalue weighted by molar-refractivity contribution is 0.0999. The molecule has 70 valence electrons. The van der Waals surface area contributed by atoms with Crippen molar-refractivity contribution in [3.05, 3.63) is 28.3 Å². The summed E-state index contributed by atoms with van der Waals surface area (Å²) >= 11 is 5.83. The number of rotatable bonds is 2. The molecule has 0 aliphatic rings. The number of primary amides is 1. The number of methoxy groups -OCH3 is 1. The molecule has 3 nitrogen and oxygen atoms in total. The fourth-order valence-electron chi connectivity index (χ4n) is 1.07.